The second-order valence-corrected chi connectivity index (χ2v) is 3.97. The minimum absolute atomic E-state index is 0.178. The Morgan fingerprint density at radius 3 is 2.29 bits per heavy atom. The molecule has 0 unspecified atom stereocenters. The highest BCUT2D eigenvalue weighted by Crippen LogP contribution is 2.46. The molecule has 0 radical (unpaired) electrons. The van der Waals surface area contributed by atoms with Crippen molar-refractivity contribution < 1.29 is 35.5 Å². The zero-order valence-electron chi connectivity index (χ0n) is 10.5. The summed E-state index contributed by atoms with van der Waals surface area (Å²) in [6.45, 7) is 1.27. The zero-order chi connectivity index (χ0) is 16.5. The number of rotatable bonds is 5. The van der Waals surface area contributed by atoms with Crippen molar-refractivity contribution in [2.45, 2.75) is 38.0 Å². The van der Waals surface area contributed by atoms with Gasteiger partial charge in [-0.15, -0.1) is 0 Å². The third-order valence-electron chi connectivity index (χ3n) is 2.57. The highest BCUT2D eigenvalue weighted by molar-refractivity contribution is 5.84. The van der Waals surface area contributed by atoms with Crippen LogP contribution in [0.4, 0.5) is 30.7 Å². The van der Waals surface area contributed by atoms with Gasteiger partial charge in [-0.1, -0.05) is 0 Å². The average Bonchev–Trinajstić information content (AvgIpc) is 2.81. The lowest BCUT2D eigenvalue weighted by atomic mass is 10.1. The predicted molar refractivity (Wildman–Crippen MR) is 55.7 cm³/mol. The van der Waals surface area contributed by atoms with E-state index in [-0.39, 0.29) is 5.69 Å². The molecule has 0 saturated heterocycles. The van der Waals surface area contributed by atoms with Gasteiger partial charge in [-0.3, -0.25) is 9.48 Å². The first-order valence-electron chi connectivity index (χ1n) is 5.56. The van der Waals surface area contributed by atoms with E-state index >= 15 is 0 Å². The fourth-order valence-corrected chi connectivity index (χ4v) is 1.40. The molecule has 0 aliphatic carbocycles. The van der Waals surface area contributed by atoms with Gasteiger partial charge in [0.1, 0.15) is 0 Å². The molecule has 1 amide bonds. The molecule has 21 heavy (non-hydrogen) atoms. The van der Waals surface area contributed by atoms with Gasteiger partial charge >= 0.3 is 18.0 Å². The van der Waals surface area contributed by atoms with E-state index in [1.807, 2.05) is 0 Å². The van der Waals surface area contributed by atoms with E-state index in [1.54, 1.807) is 6.92 Å². The summed E-state index contributed by atoms with van der Waals surface area (Å²) in [6, 6.07) is 1.30. The Balaban J connectivity index is 2.83. The quantitative estimate of drug-likeness (QED) is 0.846. The summed E-state index contributed by atoms with van der Waals surface area (Å²) in [4.78, 5) is 11.0. The van der Waals surface area contributed by atoms with Crippen LogP contribution in [0.1, 0.15) is 12.6 Å². The highest BCUT2D eigenvalue weighted by atomic mass is 19.4. The third-order valence-corrected chi connectivity index (χ3v) is 2.57. The van der Waals surface area contributed by atoms with Crippen molar-refractivity contribution >= 4 is 5.91 Å². The largest absolute Gasteiger partial charge is 0.460 e. The summed E-state index contributed by atoms with van der Waals surface area (Å²) < 4.78 is 88.2. The van der Waals surface area contributed by atoms with E-state index in [0.29, 0.717) is 6.54 Å². The summed E-state index contributed by atoms with van der Waals surface area (Å²) in [5.74, 6) is -15.1. The van der Waals surface area contributed by atoms with Gasteiger partial charge < -0.3 is 5.32 Å². The van der Waals surface area contributed by atoms with E-state index in [2.05, 4.69) is 5.10 Å². The van der Waals surface area contributed by atoms with Gasteiger partial charge in [0.25, 0.3) is 5.91 Å². The number of aryl methyl sites for hydroxylation is 1. The fourth-order valence-electron chi connectivity index (χ4n) is 1.40. The number of carbonyl (C=O) groups excluding carboxylic acids is 1. The molecule has 0 aliphatic rings. The smallest absolute Gasteiger partial charge is 0.345 e. The Bertz CT molecular complexity index is 509. The lowest BCUT2D eigenvalue weighted by molar-refractivity contribution is -0.344. The first kappa shape index (κ1) is 17.2. The molecule has 0 atom stereocenters. The van der Waals surface area contributed by atoms with Gasteiger partial charge in [0.2, 0.25) is 0 Å². The molecule has 120 valence electrons. The minimum Gasteiger partial charge on any atom is -0.345 e. The topological polar surface area (TPSA) is 46.9 Å². The SMILES string of the molecule is CCn1nccc1CNC(=O)C(F)(F)C(F)(F)C(F)(F)F. The molecule has 0 aromatic carbocycles. The van der Waals surface area contributed by atoms with Crippen LogP contribution in [-0.4, -0.2) is 33.7 Å². The Kier molecular flexibility index (Phi) is 4.54. The van der Waals surface area contributed by atoms with Crippen molar-refractivity contribution in [3.8, 4) is 0 Å². The maximum atomic E-state index is 13.0. The van der Waals surface area contributed by atoms with E-state index < -0.39 is 30.5 Å². The van der Waals surface area contributed by atoms with Crippen LogP contribution < -0.4 is 5.32 Å². The molecule has 4 nitrogen and oxygen atoms in total. The number of amides is 1. The molecule has 1 N–H and O–H groups in total. The number of nitrogens with zero attached hydrogens (tertiary/aromatic N) is 2. The lowest BCUT2D eigenvalue weighted by Crippen LogP contribution is -2.59. The molecule has 0 saturated carbocycles. The molecule has 1 aromatic heterocycles. The van der Waals surface area contributed by atoms with Crippen molar-refractivity contribution in [3.05, 3.63) is 18.0 Å². The van der Waals surface area contributed by atoms with Crippen LogP contribution in [0.3, 0.4) is 0 Å². The normalized spacial score (nSPS) is 13.3. The van der Waals surface area contributed by atoms with Gasteiger partial charge in [-0.05, 0) is 13.0 Å². The molecule has 1 aromatic rings. The Morgan fingerprint density at radius 1 is 1.24 bits per heavy atom. The first-order chi connectivity index (χ1) is 9.45. The monoisotopic (exact) mass is 321 g/mol. The average molecular weight is 321 g/mol. The lowest BCUT2D eigenvalue weighted by Gasteiger charge is -2.27. The number of carbonyl (C=O) groups is 1. The van der Waals surface area contributed by atoms with Crippen molar-refractivity contribution in [2.75, 3.05) is 0 Å². The fraction of sp³-hybridized carbons (Fsp3) is 0.600. The molecule has 1 heterocycles. The summed E-state index contributed by atoms with van der Waals surface area (Å²) in [5, 5.41) is 5.06. The van der Waals surface area contributed by atoms with Crippen LogP contribution in [0.25, 0.3) is 0 Å². The Morgan fingerprint density at radius 2 is 1.81 bits per heavy atom. The molecular formula is C10H10F7N3O. The third kappa shape index (κ3) is 3.10. The number of alkyl halides is 7. The maximum Gasteiger partial charge on any atom is 0.460 e. The van der Waals surface area contributed by atoms with E-state index in [1.165, 1.54) is 22.3 Å². The highest BCUT2D eigenvalue weighted by Gasteiger charge is 2.76. The van der Waals surface area contributed by atoms with Crippen LogP contribution in [0, 0.1) is 0 Å². The molecule has 0 fully saturated rings. The first-order valence-corrected chi connectivity index (χ1v) is 5.56. The molecule has 1 rings (SSSR count). The van der Waals surface area contributed by atoms with Gasteiger partial charge in [0.15, 0.2) is 0 Å². The van der Waals surface area contributed by atoms with Crippen LogP contribution in [0.15, 0.2) is 12.3 Å². The number of hydrogen-bond acceptors (Lipinski definition) is 2. The van der Waals surface area contributed by atoms with Crippen LogP contribution in [0.2, 0.25) is 0 Å². The summed E-state index contributed by atoms with van der Waals surface area (Å²) >= 11 is 0. The van der Waals surface area contributed by atoms with E-state index in [9.17, 15) is 35.5 Å². The standard InChI is InChI=1S/C10H10F7N3O/c1-2-20-6(3-4-19-20)5-18-7(21)8(11,12)9(13,14)10(15,16)17/h3-4H,2,5H2,1H3,(H,18,21). The Labute approximate surface area is 113 Å². The van der Waals surface area contributed by atoms with Crippen LogP contribution >= 0.6 is 0 Å². The number of halogens is 7. The van der Waals surface area contributed by atoms with Crippen molar-refractivity contribution in [3.63, 3.8) is 0 Å². The molecule has 0 spiro atoms. The Hall–Kier alpha value is -1.81. The van der Waals surface area contributed by atoms with Crippen molar-refractivity contribution in [2.24, 2.45) is 0 Å². The molecule has 0 bridgehead atoms. The van der Waals surface area contributed by atoms with E-state index in [0.717, 1.165) is 0 Å². The van der Waals surface area contributed by atoms with Gasteiger partial charge in [0.05, 0.1) is 12.2 Å². The molecular weight excluding hydrogens is 311 g/mol. The maximum absolute atomic E-state index is 13.0. The summed E-state index contributed by atoms with van der Waals surface area (Å²) in [5.41, 5.74) is 0.178. The second kappa shape index (κ2) is 5.53. The van der Waals surface area contributed by atoms with Crippen LogP contribution in [0.5, 0.6) is 0 Å². The number of aromatic nitrogens is 2. The van der Waals surface area contributed by atoms with Crippen LogP contribution in [-0.2, 0) is 17.9 Å². The van der Waals surface area contributed by atoms with E-state index in [4.69, 9.17) is 0 Å². The summed E-state index contributed by atoms with van der Waals surface area (Å²) in [6.07, 6.45) is -5.29. The van der Waals surface area contributed by atoms with Gasteiger partial charge in [-0.25, -0.2) is 0 Å². The number of hydrogen-bond donors (Lipinski definition) is 1. The van der Waals surface area contributed by atoms with Crippen molar-refractivity contribution in [1.82, 2.24) is 15.1 Å². The second-order valence-electron chi connectivity index (χ2n) is 3.97. The zero-order valence-corrected chi connectivity index (χ0v) is 10.5. The minimum atomic E-state index is -6.54. The summed E-state index contributed by atoms with van der Waals surface area (Å²) in [7, 11) is 0. The number of nitrogens with one attached hydrogen (secondary N) is 1. The van der Waals surface area contributed by atoms with Gasteiger partial charge in [0, 0.05) is 12.7 Å². The molecule has 0 aliphatic heterocycles. The van der Waals surface area contributed by atoms with Crippen molar-refractivity contribution in [1.29, 1.82) is 0 Å². The predicted octanol–water partition coefficient (Wildman–Crippen LogP) is 2.35. The molecule has 11 heteroatoms. The van der Waals surface area contributed by atoms with Gasteiger partial charge in [-0.2, -0.15) is 35.8 Å².